The number of hydrogen-bond donors (Lipinski definition) is 0. The van der Waals surface area contributed by atoms with Crippen LogP contribution in [0.15, 0.2) is 72.8 Å². The maximum atomic E-state index is 14.1. The summed E-state index contributed by atoms with van der Waals surface area (Å²) in [6.45, 7) is 0.300. The maximum Gasteiger partial charge on any atom is 0.410 e. The third kappa shape index (κ3) is 3.80. The fraction of sp³-hybridized carbons (Fsp3) is 0.267. The summed E-state index contributed by atoms with van der Waals surface area (Å²) in [6.07, 6.45) is 5.19. The Labute approximate surface area is 204 Å². The Bertz CT molecular complexity index is 1340. The highest BCUT2D eigenvalue weighted by atomic mass is 19.1. The van der Waals surface area contributed by atoms with Crippen molar-refractivity contribution in [2.75, 3.05) is 6.61 Å². The van der Waals surface area contributed by atoms with Gasteiger partial charge in [-0.25, -0.2) is 9.18 Å². The van der Waals surface area contributed by atoms with Gasteiger partial charge in [-0.2, -0.15) is 5.26 Å². The molecule has 0 radical (unpaired) electrons. The van der Waals surface area contributed by atoms with Crippen LogP contribution in [0.4, 0.5) is 9.18 Å². The van der Waals surface area contributed by atoms with Crippen LogP contribution in [0.25, 0.3) is 16.7 Å². The number of hydrogen-bond acceptors (Lipinski definition) is 3. The topological polar surface area (TPSA) is 53.3 Å². The standard InChI is InChI=1S/C30H25FN2O2/c31-22-13-19(17-32)12-20(14-22)21-15-23-6-5-7-24(16-21)33(23)30(34)35-18-29-27-10-3-1-8-25(27)26-9-2-4-11-28(26)29/h1-4,8-15,23-24,29H,5-7,16,18H2. The lowest BCUT2D eigenvalue weighted by Gasteiger charge is -2.44. The first kappa shape index (κ1) is 21.6. The van der Waals surface area contributed by atoms with Gasteiger partial charge >= 0.3 is 6.09 Å². The van der Waals surface area contributed by atoms with Crippen molar-refractivity contribution in [2.24, 2.45) is 0 Å². The first-order valence-electron chi connectivity index (χ1n) is 12.2. The van der Waals surface area contributed by atoms with Gasteiger partial charge in [-0.1, -0.05) is 54.6 Å². The van der Waals surface area contributed by atoms with Crippen LogP contribution in [0, 0.1) is 17.1 Å². The average Bonchev–Trinajstić information content (AvgIpc) is 3.19. The predicted octanol–water partition coefficient (Wildman–Crippen LogP) is 6.66. The second kappa shape index (κ2) is 8.70. The number of nitrogens with zero attached hydrogens (tertiary/aromatic N) is 2. The number of halogens is 1. The highest BCUT2D eigenvalue weighted by Crippen LogP contribution is 2.45. The lowest BCUT2D eigenvalue weighted by molar-refractivity contribution is 0.0539. The second-order valence-electron chi connectivity index (χ2n) is 9.60. The minimum absolute atomic E-state index is 0.0122. The number of rotatable bonds is 3. The van der Waals surface area contributed by atoms with Crippen LogP contribution < -0.4 is 0 Å². The Balaban J connectivity index is 1.23. The van der Waals surface area contributed by atoms with Crippen molar-refractivity contribution in [3.05, 3.63) is 101 Å². The highest BCUT2D eigenvalue weighted by Gasteiger charge is 2.39. The summed E-state index contributed by atoms with van der Waals surface area (Å²) >= 11 is 0. The molecule has 6 rings (SSSR count). The lowest BCUT2D eigenvalue weighted by atomic mass is 9.83. The molecule has 3 aromatic carbocycles. The number of amides is 1. The lowest BCUT2D eigenvalue weighted by Crippen LogP contribution is -2.51. The second-order valence-corrected chi connectivity index (χ2v) is 9.60. The van der Waals surface area contributed by atoms with Gasteiger partial charge in [-0.3, -0.25) is 4.90 Å². The van der Waals surface area contributed by atoms with Crippen molar-refractivity contribution >= 4 is 11.7 Å². The zero-order valence-electron chi connectivity index (χ0n) is 19.3. The molecule has 1 fully saturated rings. The van der Waals surface area contributed by atoms with Gasteiger partial charge < -0.3 is 4.74 Å². The maximum absolute atomic E-state index is 14.1. The van der Waals surface area contributed by atoms with Crippen molar-refractivity contribution in [3.63, 3.8) is 0 Å². The smallest absolute Gasteiger partial charge is 0.410 e. The molecule has 5 heteroatoms. The zero-order chi connectivity index (χ0) is 23.9. The van der Waals surface area contributed by atoms with Gasteiger partial charge in [0.05, 0.1) is 17.7 Å². The molecule has 3 aliphatic rings. The van der Waals surface area contributed by atoms with E-state index in [-0.39, 0.29) is 24.1 Å². The fourth-order valence-electron chi connectivity index (χ4n) is 6.04. The summed E-state index contributed by atoms with van der Waals surface area (Å²) in [4.78, 5) is 15.2. The monoisotopic (exact) mass is 464 g/mol. The molecule has 0 spiro atoms. The molecule has 2 atom stereocenters. The molecule has 2 bridgehead atoms. The highest BCUT2D eigenvalue weighted by molar-refractivity contribution is 5.79. The molecule has 2 aliphatic heterocycles. The van der Waals surface area contributed by atoms with Gasteiger partial charge in [-0.15, -0.1) is 0 Å². The van der Waals surface area contributed by atoms with Gasteiger partial charge in [-0.05, 0) is 77.3 Å². The number of benzene rings is 3. The SMILES string of the molecule is N#Cc1cc(F)cc(C2=CC3CCCC(C2)N3C(=O)OCC2c3ccccc3-c3ccccc32)c1. The first-order chi connectivity index (χ1) is 17.1. The van der Waals surface area contributed by atoms with Crippen LogP contribution in [-0.2, 0) is 4.74 Å². The summed E-state index contributed by atoms with van der Waals surface area (Å²) in [5.41, 5.74) is 6.84. The van der Waals surface area contributed by atoms with Gasteiger partial charge in [0.15, 0.2) is 0 Å². The van der Waals surface area contributed by atoms with Crippen LogP contribution in [0.1, 0.15) is 53.9 Å². The van der Waals surface area contributed by atoms with Gasteiger partial charge in [0.25, 0.3) is 0 Å². The average molecular weight is 465 g/mol. The van der Waals surface area contributed by atoms with E-state index in [0.29, 0.717) is 18.6 Å². The molecule has 1 aliphatic carbocycles. The molecule has 4 nitrogen and oxygen atoms in total. The third-order valence-corrected chi connectivity index (χ3v) is 7.58. The number of nitriles is 1. The van der Waals surface area contributed by atoms with E-state index in [1.54, 1.807) is 6.07 Å². The Kier molecular flexibility index (Phi) is 5.37. The van der Waals surface area contributed by atoms with E-state index in [1.165, 1.54) is 34.4 Å². The van der Waals surface area contributed by atoms with Crippen molar-refractivity contribution in [3.8, 4) is 17.2 Å². The van der Waals surface area contributed by atoms with Gasteiger partial charge in [0, 0.05) is 12.0 Å². The molecule has 3 aromatic rings. The van der Waals surface area contributed by atoms with Crippen molar-refractivity contribution in [1.29, 1.82) is 5.26 Å². The molecule has 174 valence electrons. The van der Waals surface area contributed by atoms with Gasteiger partial charge in [0.1, 0.15) is 12.4 Å². The summed E-state index contributed by atoms with van der Waals surface area (Å²) in [7, 11) is 0. The Morgan fingerprint density at radius 2 is 1.74 bits per heavy atom. The Hall–Kier alpha value is -3.91. The molecular weight excluding hydrogens is 439 g/mol. The third-order valence-electron chi connectivity index (χ3n) is 7.58. The molecule has 2 heterocycles. The van der Waals surface area contributed by atoms with Crippen LogP contribution in [0.5, 0.6) is 0 Å². The van der Waals surface area contributed by atoms with E-state index in [2.05, 4.69) is 30.3 Å². The Morgan fingerprint density at radius 1 is 1.03 bits per heavy atom. The van der Waals surface area contributed by atoms with E-state index in [1.807, 2.05) is 35.2 Å². The summed E-state index contributed by atoms with van der Waals surface area (Å²) < 4.78 is 20.0. The normalized spacial score (nSPS) is 20.5. The van der Waals surface area contributed by atoms with Crippen LogP contribution in [0.3, 0.4) is 0 Å². The number of fused-ring (bicyclic) bond motifs is 5. The van der Waals surface area contributed by atoms with E-state index >= 15 is 0 Å². The van der Waals surface area contributed by atoms with Crippen molar-refractivity contribution in [1.82, 2.24) is 4.90 Å². The van der Waals surface area contributed by atoms with Gasteiger partial charge in [0.2, 0.25) is 0 Å². The summed E-state index contributed by atoms with van der Waals surface area (Å²) in [5, 5.41) is 9.23. The van der Waals surface area contributed by atoms with Crippen LogP contribution >= 0.6 is 0 Å². The first-order valence-corrected chi connectivity index (χ1v) is 12.2. The van der Waals surface area contributed by atoms with E-state index in [4.69, 9.17) is 4.74 Å². The fourth-order valence-corrected chi connectivity index (χ4v) is 6.04. The molecule has 0 N–H and O–H groups in total. The number of carbonyl (C=O) groups excluding carboxylic acids is 1. The number of carbonyl (C=O) groups is 1. The molecule has 0 aromatic heterocycles. The Morgan fingerprint density at radius 3 is 2.43 bits per heavy atom. The number of piperidine rings is 1. The number of ether oxygens (including phenoxy) is 1. The van der Waals surface area contributed by atoms with E-state index in [0.717, 1.165) is 30.4 Å². The van der Waals surface area contributed by atoms with Crippen LogP contribution in [0.2, 0.25) is 0 Å². The quantitative estimate of drug-likeness (QED) is 0.436. The largest absolute Gasteiger partial charge is 0.448 e. The minimum atomic E-state index is -0.413. The molecule has 35 heavy (non-hydrogen) atoms. The van der Waals surface area contributed by atoms with E-state index in [9.17, 15) is 14.4 Å². The molecule has 1 saturated heterocycles. The predicted molar refractivity (Wildman–Crippen MR) is 132 cm³/mol. The van der Waals surface area contributed by atoms with E-state index < -0.39 is 5.82 Å². The van der Waals surface area contributed by atoms with Crippen molar-refractivity contribution < 1.29 is 13.9 Å². The minimum Gasteiger partial charge on any atom is -0.448 e. The zero-order valence-corrected chi connectivity index (χ0v) is 19.3. The summed E-state index contributed by atoms with van der Waals surface area (Å²) in [6, 6.07) is 23.1. The summed E-state index contributed by atoms with van der Waals surface area (Å²) in [5.74, 6) is -0.386. The molecule has 0 saturated carbocycles. The van der Waals surface area contributed by atoms with Crippen LogP contribution in [-0.4, -0.2) is 29.7 Å². The van der Waals surface area contributed by atoms with Crippen molar-refractivity contribution in [2.45, 2.75) is 43.7 Å². The molecular formula is C30H25FN2O2. The molecule has 1 amide bonds. The molecule has 2 unspecified atom stereocenters.